The monoisotopic (exact) mass is 360 g/mol. The fourth-order valence-electron chi connectivity index (χ4n) is 4.01. The van der Waals surface area contributed by atoms with Gasteiger partial charge in [0.15, 0.2) is 0 Å². The van der Waals surface area contributed by atoms with Crippen molar-refractivity contribution in [2.24, 2.45) is 0 Å². The summed E-state index contributed by atoms with van der Waals surface area (Å²) in [7, 11) is 0. The second-order valence-corrected chi connectivity index (χ2v) is 7.17. The molecule has 0 unspecified atom stereocenters. The Morgan fingerprint density at radius 1 is 1.11 bits per heavy atom. The Morgan fingerprint density at radius 3 is 2.63 bits per heavy atom. The summed E-state index contributed by atoms with van der Waals surface area (Å²) in [5, 5.41) is 9.38. The van der Waals surface area contributed by atoms with Crippen molar-refractivity contribution in [3.63, 3.8) is 0 Å². The molecule has 4 nitrogen and oxygen atoms in total. The van der Waals surface area contributed by atoms with Gasteiger partial charge in [0.1, 0.15) is 5.82 Å². The number of aryl methyl sites for hydroxylation is 1. The minimum atomic E-state index is -0.777. The molecule has 4 heteroatoms. The van der Waals surface area contributed by atoms with Crippen LogP contribution < -0.4 is 0 Å². The Hall–Kier alpha value is -2.88. The molecule has 0 fully saturated rings. The van der Waals surface area contributed by atoms with Gasteiger partial charge in [-0.3, -0.25) is 0 Å². The molecule has 0 saturated carbocycles. The maximum Gasteiger partial charge on any atom is 0.331 e. The molecule has 1 heterocycles. The van der Waals surface area contributed by atoms with Gasteiger partial charge in [0.05, 0.1) is 11.0 Å². The number of aliphatic carboxylic acids is 1. The molecule has 0 amide bonds. The molecule has 1 aliphatic rings. The molecule has 3 aromatic rings. The first kappa shape index (κ1) is 17.5. The van der Waals surface area contributed by atoms with E-state index < -0.39 is 5.97 Å². The van der Waals surface area contributed by atoms with Crippen molar-refractivity contribution in [2.75, 3.05) is 0 Å². The smallest absolute Gasteiger partial charge is 0.331 e. The van der Waals surface area contributed by atoms with Gasteiger partial charge in [-0.05, 0) is 54.5 Å². The SMILES string of the molecule is CCCc1nc2ccccc2n1Cc1ccc(C2=C(C(=O)O)CCC2)cc1. The number of carboxylic acids is 1. The average Bonchev–Trinajstić information content (AvgIpc) is 3.29. The van der Waals surface area contributed by atoms with Crippen LogP contribution >= 0.6 is 0 Å². The third-order valence-electron chi connectivity index (χ3n) is 5.33. The van der Waals surface area contributed by atoms with Crippen LogP contribution in [0.15, 0.2) is 54.1 Å². The largest absolute Gasteiger partial charge is 0.478 e. The third-order valence-corrected chi connectivity index (χ3v) is 5.33. The number of allylic oxidation sites excluding steroid dienone is 1. The quantitative estimate of drug-likeness (QED) is 0.668. The van der Waals surface area contributed by atoms with Crippen LogP contribution in [0.5, 0.6) is 0 Å². The first-order chi connectivity index (χ1) is 13.2. The van der Waals surface area contributed by atoms with Gasteiger partial charge in [0.25, 0.3) is 0 Å². The van der Waals surface area contributed by atoms with Gasteiger partial charge in [0.2, 0.25) is 0 Å². The molecule has 0 atom stereocenters. The molecule has 0 radical (unpaired) electrons. The van der Waals surface area contributed by atoms with Crippen molar-refractivity contribution in [2.45, 2.75) is 45.6 Å². The molecule has 0 bridgehead atoms. The highest BCUT2D eigenvalue weighted by Gasteiger charge is 2.21. The van der Waals surface area contributed by atoms with E-state index in [1.807, 2.05) is 6.07 Å². The maximum absolute atomic E-state index is 11.4. The minimum Gasteiger partial charge on any atom is -0.478 e. The van der Waals surface area contributed by atoms with Crippen molar-refractivity contribution in [3.05, 3.63) is 71.1 Å². The Bertz CT molecular complexity index is 1010. The number of nitrogens with zero attached hydrogens (tertiary/aromatic N) is 2. The van der Waals surface area contributed by atoms with Gasteiger partial charge < -0.3 is 9.67 Å². The van der Waals surface area contributed by atoms with E-state index in [9.17, 15) is 9.90 Å². The number of aromatic nitrogens is 2. The number of imidazole rings is 1. The predicted octanol–water partition coefficient (Wildman–Crippen LogP) is 5.06. The molecule has 1 N–H and O–H groups in total. The Kier molecular flexibility index (Phi) is 4.80. The molecule has 27 heavy (non-hydrogen) atoms. The zero-order valence-electron chi connectivity index (χ0n) is 15.6. The summed E-state index contributed by atoms with van der Waals surface area (Å²) < 4.78 is 2.30. The second kappa shape index (κ2) is 7.39. The molecule has 0 spiro atoms. The predicted molar refractivity (Wildman–Crippen MR) is 108 cm³/mol. The molecule has 1 aromatic heterocycles. The number of rotatable bonds is 6. The summed E-state index contributed by atoms with van der Waals surface area (Å²) in [5.41, 5.74) is 6.02. The standard InChI is InChI=1S/C23H24N2O2/c1-2-6-22-24-20-9-3-4-10-21(20)25(22)15-16-11-13-17(14-12-16)18-7-5-8-19(18)23(26)27/h3-4,9-14H,2,5-8,15H2,1H3,(H,26,27). The van der Waals surface area contributed by atoms with Crippen LogP contribution in [-0.4, -0.2) is 20.6 Å². The first-order valence-corrected chi connectivity index (χ1v) is 9.66. The van der Waals surface area contributed by atoms with Crippen molar-refractivity contribution < 1.29 is 9.90 Å². The number of carbonyl (C=O) groups is 1. The number of benzene rings is 2. The van der Waals surface area contributed by atoms with E-state index in [0.717, 1.165) is 60.2 Å². The summed E-state index contributed by atoms with van der Waals surface area (Å²) in [6, 6.07) is 16.6. The van der Waals surface area contributed by atoms with E-state index in [2.05, 4.69) is 54.0 Å². The lowest BCUT2D eigenvalue weighted by Gasteiger charge is -2.11. The molecule has 0 saturated heterocycles. The van der Waals surface area contributed by atoms with Gasteiger partial charge in [-0.1, -0.05) is 43.3 Å². The van der Waals surface area contributed by atoms with Crippen LogP contribution in [0.4, 0.5) is 0 Å². The van der Waals surface area contributed by atoms with Crippen molar-refractivity contribution in [1.29, 1.82) is 0 Å². The van der Waals surface area contributed by atoms with Gasteiger partial charge in [-0.25, -0.2) is 9.78 Å². The zero-order chi connectivity index (χ0) is 18.8. The highest BCUT2D eigenvalue weighted by atomic mass is 16.4. The molecular formula is C23H24N2O2. The Morgan fingerprint density at radius 2 is 1.89 bits per heavy atom. The Labute approximate surface area is 159 Å². The van der Waals surface area contributed by atoms with Crippen molar-refractivity contribution >= 4 is 22.6 Å². The number of para-hydroxylation sites is 2. The van der Waals surface area contributed by atoms with Gasteiger partial charge in [0, 0.05) is 18.5 Å². The zero-order valence-corrected chi connectivity index (χ0v) is 15.6. The molecule has 2 aromatic carbocycles. The molecule has 0 aliphatic heterocycles. The lowest BCUT2D eigenvalue weighted by molar-refractivity contribution is -0.132. The summed E-state index contributed by atoms with van der Waals surface area (Å²) in [6.07, 6.45) is 4.48. The third kappa shape index (κ3) is 3.39. The number of carboxylic acid groups (broad SMARTS) is 1. The van der Waals surface area contributed by atoms with E-state index in [0.29, 0.717) is 12.0 Å². The summed E-state index contributed by atoms with van der Waals surface area (Å²) in [4.78, 5) is 16.2. The van der Waals surface area contributed by atoms with Crippen LogP contribution in [0.3, 0.4) is 0 Å². The van der Waals surface area contributed by atoms with Crippen LogP contribution in [0.2, 0.25) is 0 Å². The summed E-state index contributed by atoms with van der Waals surface area (Å²) >= 11 is 0. The normalized spacial score (nSPS) is 14.3. The maximum atomic E-state index is 11.4. The molecule has 138 valence electrons. The topological polar surface area (TPSA) is 55.1 Å². The second-order valence-electron chi connectivity index (χ2n) is 7.17. The van der Waals surface area contributed by atoms with E-state index in [1.165, 1.54) is 5.56 Å². The highest BCUT2D eigenvalue weighted by molar-refractivity contribution is 5.97. The molecular weight excluding hydrogens is 336 g/mol. The van der Waals surface area contributed by atoms with E-state index >= 15 is 0 Å². The Balaban J connectivity index is 1.65. The van der Waals surface area contributed by atoms with Crippen LogP contribution in [0, 0.1) is 0 Å². The number of hydrogen-bond donors (Lipinski definition) is 1. The fourth-order valence-corrected chi connectivity index (χ4v) is 4.01. The fraction of sp³-hybridized carbons (Fsp3) is 0.304. The van der Waals surface area contributed by atoms with Crippen LogP contribution in [-0.2, 0) is 17.8 Å². The lowest BCUT2D eigenvalue weighted by Crippen LogP contribution is -2.05. The van der Waals surface area contributed by atoms with Gasteiger partial charge in [-0.2, -0.15) is 0 Å². The van der Waals surface area contributed by atoms with Crippen LogP contribution in [0.25, 0.3) is 16.6 Å². The van der Waals surface area contributed by atoms with E-state index in [1.54, 1.807) is 0 Å². The van der Waals surface area contributed by atoms with Gasteiger partial charge >= 0.3 is 5.97 Å². The first-order valence-electron chi connectivity index (χ1n) is 9.66. The molecule has 1 aliphatic carbocycles. The minimum absolute atomic E-state index is 0.577. The number of fused-ring (bicyclic) bond motifs is 1. The van der Waals surface area contributed by atoms with Crippen molar-refractivity contribution in [3.8, 4) is 0 Å². The van der Waals surface area contributed by atoms with E-state index in [4.69, 9.17) is 4.98 Å². The molecule has 4 rings (SSSR count). The summed E-state index contributed by atoms with van der Waals surface area (Å²) in [5.74, 6) is 0.343. The van der Waals surface area contributed by atoms with E-state index in [-0.39, 0.29) is 0 Å². The lowest BCUT2D eigenvalue weighted by atomic mass is 10.0. The summed E-state index contributed by atoms with van der Waals surface area (Å²) in [6.45, 7) is 2.95. The average molecular weight is 360 g/mol. The number of hydrogen-bond acceptors (Lipinski definition) is 2. The van der Waals surface area contributed by atoms with Crippen LogP contribution in [0.1, 0.15) is 49.6 Å². The highest BCUT2D eigenvalue weighted by Crippen LogP contribution is 2.34. The van der Waals surface area contributed by atoms with Gasteiger partial charge in [-0.15, -0.1) is 0 Å². The van der Waals surface area contributed by atoms with Crippen molar-refractivity contribution in [1.82, 2.24) is 9.55 Å².